The second kappa shape index (κ2) is 9.22. The Morgan fingerprint density at radius 2 is 1.77 bits per heavy atom. The molecule has 0 saturated carbocycles. The van der Waals surface area contributed by atoms with Crippen LogP contribution in [0.4, 0.5) is 5.69 Å². The Morgan fingerprint density at radius 1 is 1.04 bits per heavy atom. The molecule has 0 unspecified atom stereocenters. The first-order valence-corrected chi connectivity index (χ1v) is 8.12. The van der Waals surface area contributed by atoms with E-state index in [4.69, 9.17) is 10.5 Å². The molecule has 136 valence electrons. The molecule has 4 N–H and O–H groups in total. The van der Waals surface area contributed by atoms with Crippen LogP contribution in [0.2, 0.25) is 0 Å². The van der Waals surface area contributed by atoms with Gasteiger partial charge in [-0.2, -0.15) is 0 Å². The molecule has 26 heavy (non-hydrogen) atoms. The van der Waals surface area contributed by atoms with Crippen LogP contribution in [0, 0.1) is 0 Å². The van der Waals surface area contributed by atoms with Crippen molar-refractivity contribution in [1.29, 1.82) is 0 Å². The molecule has 7 heteroatoms. The number of hydrogen-bond donors (Lipinski definition) is 3. The van der Waals surface area contributed by atoms with Crippen molar-refractivity contribution in [1.82, 2.24) is 5.32 Å². The topological polar surface area (TPSA) is 111 Å². The van der Waals surface area contributed by atoms with Crippen molar-refractivity contribution < 1.29 is 19.1 Å². The van der Waals surface area contributed by atoms with Crippen LogP contribution in [0.1, 0.15) is 33.6 Å². The fourth-order valence-electron chi connectivity index (χ4n) is 2.31. The fourth-order valence-corrected chi connectivity index (χ4v) is 2.31. The highest BCUT2D eigenvalue weighted by Gasteiger charge is 2.11. The molecule has 3 amide bonds. The summed E-state index contributed by atoms with van der Waals surface area (Å²) in [6.45, 7) is 0.375. The third kappa shape index (κ3) is 5.34. The molecule has 0 aliphatic rings. The molecule has 2 aromatic rings. The van der Waals surface area contributed by atoms with Crippen LogP contribution >= 0.6 is 0 Å². The van der Waals surface area contributed by atoms with Gasteiger partial charge < -0.3 is 21.1 Å². The maximum absolute atomic E-state index is 12.1. The van der Waals surface area contributed by atoms with Gasteiger partial charge in [-0.05, 0) is 36.8 Å². The minimum atomic E-state index is -0.591. The van der Waals surface area contributed by atoms with E-state index >= 15 is 0 Å². The lowest BCUT2D eigenvalue weighted by Crippen LogP contribution is -2.25. The van der Waals surface area contributed by atoms with Gasteiger partial charge in [-0.1, -0.05) is 18.2 Å². The van der Waals surface area contributed by atoms with Crippen LogP contribution in [0.15, 0.2) is 48.5 Å². The zero-order chi connectivity index (χ0) is 18.9. The Morgan fingerprint density at radius 3 is 2.42 bits per heavy atom. The molecular weight excluding hydrogens is 334 g/mol. The quantitative estimate of drug-likeness (QED) is 0.628. The third-order valence-electron chi connectivity index (χ3n) is 3.66. The van der Waals surface area contributed by atoms with Gasteiger partial charge in [0.15, 0.2) is 0 Å². The molecule has 0 fully saturated rings. The molecule has 0 saturated heterocycles. The summed E-state index contributed by atoms with van der Waals surface area (Å²) in [6, 6.07) is 13.4. The van der Waals surface area contributed by atoms with E-state index in [0.29, 0.717) is 30.0 Å². The van der Waals surface area contributed by atoms with Crippen molar-refractivity contribution in [2.75, 3.05) is 19.0 Å². The average Bonchev–Trinajstić information content (AvgIpc) is 2.65. The maximum atomic E-state index is 12.1. The van der Waals surface area contributed by atoms with Gasteiger partial charge in [0, 0.05) is 24.1 Å². The number of benzene rings is 2. The van der Waals surface area contributed by atoms with Crippen molar-refractivity contribution in [3.05, 3.63) is 59.7 Å². The Labute approximate surface area is 151 Å². The van der Waals surface area contributed by atoms with Crippen LogP contribution in [-0.2, 0) is 4.79 Å². The van der Waals surface area contributed by atoms with Crippen LogP contribution in [0.5, 0.6) is 5.75 Å². The summed E-state index contributed by atoms with van der Waals surface area (Å²) in [7, 11) is 1.47. The van der Waals surface area contributed by atoms with E-state index in [0.717, 1.165) is 0 Å². The fraction of sp³-hybridized carbons (Fsp3) is 0.211. The van der Waals surface area contributed by atoms with Gasteiger partial charge in [0.25, 0.3) is 5.91 Å². The van der Waals surface area contributed by atoms with E-state index < -0.39 is 5.91 Å². The second-order valence-corrected chi connectivity index (χ2v) is 5.55. The Bertz CT molecular complexity index is 791. The standard InChI is InChI=1S/C19H21N3O4/c1-26-16-10-9-14(18(20)24)12-15(16)22-17(23)8-5-11-21-19(25)13-6-3-2-4-7-13/h2-4,6-7,9-10,12H,5,8,11H2,1H3,(H2,20,24)(H,21,25)(H,22,23). The lowest BCUT2D eigenvalue weighted by Gasteiger charge is -2.11. The molecule has 2 aromatic carbocycles. The number of carbonyl (C=O) groups is 3. The van der Waals surface area contributed by atoms with Crippen LogP contribution in [0.3, 0.4) is 0 Å². The molecule has 0 spiro atoms. The first kappa shape index (κ1) is 19.0. The summed E-state index contributed by atoms with van der Waals surface area (Å²) in [5, 5.41) is 5.45. The highest BCUT2D eigenvalue weighted by Crippen LogP contribution is 2.25. The van der Waals surface area contributed by atoms with E-state index in [1.165, 1.54) is 19.2 Å². The summed E-state index contributed by atoms with van der Waals surface area (Å²) < 4.78 is 5.16. The molecule has 2 rings (SSSR count). The van der Waals surface area contributed by atoms with Crippen molar-refractivity contribution in [2.45, 2.75) is 12.8 Å². The van der Waals surface area contributed by atoms with E-state index in [1.807, 2.05) is 6.07 Å². The highest BCUT2D eigenvalue weighted by molar-refractivity contribution is 5.97. The smallest absolute Gasteiger partial charge is 0.251 e. The second-order valence-electron chi connectivity index (χ2n) is 5.55. The molecule has 0 radical (unpaired) electrons. The number of amides is 3. The molecule has 0 atom stereocenters. The molecule has 0 heterocycles. The van der Waals surface area contributed by atoms with Crippen LogP contribution in [-0.4, -0.2) is 31.4 Å². The van der Waals surface area contributed by atoms with Gasteiger partial charge in [0.2, 0.25) is 11.8 Å². The molecule has 0 aromatic heterocycles. The molecule has 7 nitrogen and oxygen atoms in total. The monoisotopic (exact) mass is 355 g/mol. The van der Waals surface area contributed by atoms with Crippen molar-refractivity contribution in [2.24, 2.45) is 5.73 Å². The number of primary amides is 1. The zero-order valence-corrected chi connectivity index (χ0v) is 14.5. The van der Waals surface area contributed by atoms with E-state index in [-0.39, 0.29) is 23.8 Å². The summed E-state index contributed by atoms with van der Waals surface area (Å²) in [6.07, 6.45) is 0.682. The Hall–Kier alpha value is -3.35. The van der Waals surface area contributed by atoms with Crippen molar-refractivity contribution >= 4 is 23.4 Å². The number of anilines is 1. The van der Waals surface area contributed by atoms with Crippen LogP contribution in [0.25, 0.3) is 0 Å². The predicted octanol–water partition coefficient (Wildman–Crippen LogP) is 1.94. The number of methoxy groups -OCH3 is 1. The van der Waals surface area contributed by atoms with Gasteiger partial charge in [-0.3, -0.25) is 14.4 Å². The molecule has 0 aliphatic carbocycles. The van der Waals surface area contributed by atoms with E-state index in [1.54, 1.807) is 30.3 Å². The zero-order valence-electron chi connectivity index (χ0n) is 14.5. The van der Waals surface area contributed by atoms with Crippen LogP contribution < -0.4 is 21.1 Å². The van der Waals surface area contributed by atoms with Gasteiger partial charge >= 0.3 is 0 Å². The van der Waals surface area contributed by atoms with Gasteiger partial charge in [-0.15, -0.1) is 0 Å². The lowest BCUT2D eigenvalue weighted by molar-refractivity contribution is -0.116. The number of rotatable bonds is 8. The Balaban J connectivity index is 1.83. The first-order chi connectivity index (χ1) is 12.5. The largest absolute Gasteiger partial charge is 0.495 e. The minimum absolute atomic E-state index is 0.179. The summed E-state index contributed by atoms with van der Waals surface area (Å²) >= 11 is 0. The number of hydrogen-bond acceptors (Lipinski definition) is 4. The highest BCUT2D eigenvalue weighted by atomic mass is 16.5. The normalized spacial score (nSPS) is 10.0. The van der Waals surface area contributed by atoms with E-state index in [9.17, 15) is 14.4 Å². The molecule has 0 aliphatic heterocycles. The van der Waals surface area contributed by atoms with Crippen molar-refractivity contribution in [3.63, 3.8) is 0 Å². The summed E-state index contributed by atoms with van der Waals surface area (Å²) in [5.74, 6) is -0.590. The number of nitrogens with two attached hydrogens (primary N) is 1. The molecule has 0 bridgehead atoms. The average molecular weight is 355 g/mol. The Kier molecular flexibility index (Phi) is 6.73. The lowest BCUT2D eigenvalue weighted by atomic mass is 10.1. The minimum Gasteiger partial charge on any atom is -0.495 e. The van der Waals surface area contributed by atoms with Gasteiger partial charge in [0.05, 0.1) is 12.8 Å². The molecular formula is C19H21N3O4. The van der Waals surface area contributed by atoms with Gasteiger partial charge in [-0.25, -0.2) is 0 Å². The predicted molar refractivity (Wildman–Crippen MR) is 98.2 cm³/mol. The van der Waals surface area contributed by atoms with Gasteiger partial charge in [0.1, 0.15) is 5.75 Å². The number of carbonyl (C=O) groups excluding carboxylic acids is 3. The van der Waals surface area contributed by atoms with E-state index in [2.05, 4.69) is 10.6 Å². The first-order valence-electron chi connectivity index (χ1n) is 8.12. The van der Waals surface area contributed by atoms with Crippen molar-refractivity contribution in [3.8, 4) is 5.75 Å². The third-order valence-corrected chi connectivity index (χ3v) is 3.66. The number of ether oxygens (including phenoxy) is 1. The summed E-state index contributed by atoms with van der Waals surface area (Å²) in [4.78, 5) is 35.2. The summed E-state index contributed by atoms with van der Waals surface area (Å²) in [5.41, 5.74) is 6.47. The maximum Gasteiger partial charge on any atom is 0.251 e. The number of nitrogens with one attached hydrogen (secondary N) is 2. The SMILES string of the molecule is COc1ccc(C(N)=O)cc1NC(=O)CCCNC(=O)c1ccccc1.